The third kappa shape index (κ3) is 1.02. The molecule has 11 heavy (non-hydrogen) atoms. The smallest absolute Gasteiger partial charge is 0.0859 e. The van der Waals surface area contributed by atoms with Gasteiger partial charge in [-0.3, -0.25) is 4.98 Å². The molecule has 0 aromatic carbocycles. The molecular formula is C8H7NOS. The van der Waals surface area contributed by atoms with Crippen molar-refractivity contribution in [1.82, 2.24) is 4.98 Å². The van der Waals surface area contributed by atoms with Gasteiger partial charge in [0.1, 0.15) is 0 Å². The molecule has 0 fully saturated rings. The maximum Gasteiger partial charge on any atom is 0.0859 e. The van der Waals surface area contributed by atoms with E-state index in [1.165, 1.54) is 4.70 Å². The fraction of sp³-hybridized carbons (Fsp3) is 0.125. The first-order chi connectivity index (χ1) is 5.42. The maximum absolute atomic E-state index is 8.90. The van der Waals surface area contributed by atoms with E-state index in [2.05, 4.69) is 4.98 Å². The summed E-state index contributed by atoms with van der Waals surface area (Å²) in [7, 11) is 0. The summed E-state index contributed by atoms with van der Waals surface area (Å²) in [4.78, 5) is 4.05. The number of aromatic nitrogens is 1. The molecule has 56 valence electrons. The summed E-state index contributed by atoms with van der Waals surface area (Å²) in [5.41, 5.74) is 0.767. The normalized spacial score (nSPS) is 10.6. The third-order valence-electron chi connectivity index (χ3n) is 1.61. The number of hydrogen-bond donors (Lipinski definition) is 1. The number of rotatable bonds is 1. The Morgan fingerprint density at radius 3 is 3.18 bits per heavy atom. The van der Waals surface area contributed by atoms with Gasteiger partial charge in [0, 0.05) is 16.3 Å². The Kier molecular flexibility index (Phi) is 1.60. The standard InChI is InChI=1S/C8H7NOS/c10-5-7-6-2-4-11-8(6)1-3-9-7/h1-4,10H,5H2. The number of nitrogens with zero attached hydrogens (tertiary/aromatic N) is 1. The van der Waals surface area contributed by atoms with Crippen molar-refractivity contribution in [1.29, 1.82) is 0 Å². The number of thiophene rings is 1. The Balaban J connectivity index is 2.79. The summed E-state index contributed by atoms with van der Waals surface area (Å²) in [6.45, 7) is 0.0219. The van der Waals surface area contributed by atoms with Gasteiger partial charge in [0.25, 0.3) is 0 Å². The summed E-state index contributed by atoms with van der Waals surface area (Å²) in [6.07, 6.45) is 1.73. The van der Waals surface area contributed by atoms with Crippen molar-refractivity contribution in [3.63, 3.8) is 0 Å². The molecular weight excluding hydrogens is 158 g/mol. The Bertz CT molecular complexity index is 369. The van der Waals surface area contributed by atoms with Crippen molar-refractivity contribution in [2.75, 3.05) is 0 Å². The minimum Gasteiger partial charge on any atom is -0.390 e. The van der Waals surface area contributed by atoms with Crippen molar-refractivity contribution in [3.8, 4) is 0 Å². The van der Waals surface area contributed by atoms with E-state index in [4.69, 9.17) is 5.11 Å². The van der Waals surface area contributed by atoms with Crippen LogP contribution in [0.4, 0.5) is 0 Å². The molecule has 2 aromatic rings. The van der Waals surface area contributed by atoms with E-state index in [1.807, 2.05) is 17.5 Å². The first-order valence-electron chi connectivity index (χ1n) is 3.34. The fourth-order valence-electron chi connectivity index (χ4n) is 1.08. The fourth-order valence-corrected chi connectivity index (χ4v) is 1.88. The molecule has 0 amide bonds. The lowest BCUT2D eigenvalue weighted by molar-refractivity contribution is 0.278. The van der Waals surface area contributed by atoms with Gasteiger partial charge >= 0.3 is 0 Å². The van der Waals surface area contributed by atoms with Gasteiger partial charge in [0.2, 0.25) is 0 Å². The average Bonchev–Trinajstić information content (AvgIpc) is 2.50. The SMILES string of the molecule is OCc1nccc2sccc12. The Labute approximate surface area is 68.1 Å². The van der Waals surface area contributed by atoms with Crippen molar-refractivity contribution >= 4 is 21.4 Å². The molecule has 0 bridgehead atoms. The molecule has 0 aliphatic carbocycles. The summed E-state index contributed by atoms with van der Waals surface area (Å²) in [6, 6.07) is 3.94. The second-order valence-electron chi connectivity index (χ2n) is 2.25. The topological polar surface area (TPSA) is 33.1 Å². The second kappa shape index (κ2) is 2.60. The molecule has 2 nitrogen and oxygen atoms in total. The molecule has 0 aliphatic rings. The zero-order chi connectivity index (χ0) is 7.68. The van der Waals surface area contributed by atoms with Crippen LogP contribution in [-0.4, -0.2) is 10.1 Å². The second-order valence-corrected chi connectivity index (χ2v) is 3.20. The zero-order valence-electron chi connectivity index (χ0n) is 5.82. The molecule has 1 N–H and O–H groups in total. The van der Waals surface area contributed by atoms with E-state index in [0.717, 1.165) is 11.1 Å². The Morgan fingerprint density at radius 1 is 1.45 bits per heavy atom. The van der Waals surface area contributed by atoms with Gasteiger partial charge in [0.15, 0.2) is 0 Å². The van der Waals surface area contributed by atoms with Crippen molar-refractivity contribution in [2.24, 2.45) is 0 Å². The van der Waals surface area contributed by atoms with Crippen LogP contribution >= 0.6 is 11.3 Å². The number of pyridine rings is 1. The van der Waals surface area contributed by atoms with Gasteiger partial charge < -0.3 is 5.11 Å². The molecule has 0 spiro atoms. The molecule has 0 saturated heterocycles. The van der Waals surface area contributed by atoms with Crippen molar-refractivity contribution < 1.29 is 5.11 Å². The van der Waals surface area contributed by atoms with E-state index in [1.54, 1.807) is 17.5 Å². The van der Waals surface area contributed by atoms with E-state index in [9.17, 15) is 0 Å². The minimum atomic E-state index is 0.0219. The van der Waals surface area contributed by atoms with Gasteiger partial charge in [-0.05, 0) is 17.5 Å². The summed E-state index contributed by atoms with van der Waals surface area (Å²) in [5, 5.41) is 12.0. The highest BCUT2D eigenvalue weighted by Crippen LogP contribution is 2.21. The Hall–Kier alpha value is -0.930. The first-order valence-corrected chi connectivity index (χ1v) is 4.22. The largest absolute Gasteiger partial charge is 0.390 e. The van der Waals surface area contributed by atoms with Crippen LogP contribution in [0.1, 0.15) is 5.69 Å². The van der Waals surface area contributed by atoms with Gasteiger partial charge in [-0.1, -0.05) is 0 Å². The number of aliphatic hydroxyl groups excluding tert-OH is 1. The van der Waals surface area contributed by atoms with Crippen LogP contribution in [0, 0.1) is 0 Å². The van der Waals surface area contributed by atoms with E-state index in [-0.39, 0.29) is 6.61 Å². The van der Waals surface area contributed by atoms with Crippen LogP contribution in [0.5, 0.6) is 0 Å². The van der Waals surface area contributed by atoms with Crippen LogP contribution < -0.4 is 0 Å². The van der Waals surface area contributed by atoms with E-state index >= 15 is 0 Å². The monoisotopic (exact) mass is 165 g/mol. The Morgan fingerprint density at radius 2 is 2.36 bits per heavy atom. The molecule has 0 atom stereocenters. The van der Waals surface area contributed by atoms with E-state index < -0.39 is 0 Å². The quantitative estimate of drug-likeness (QED) is 0.698. The number of aliphatic hydroxyl groups is 1. The summed E-state index contributed by atoms with van der Waals surface area (Å²) >= 11 is 1.67. The number of fused-ring (bicyclic) bond motifs is 1. The highest BCUT2D eigenvalue weighted by atomic mass is 32.1. The molecule has 2 aromatic heterocycles. The molecule has 0 radical (unpaired) electrons. The lowest BCUT2D eigenvalue weighted by Gasteiger charge is -1.94. The van der Waals surface area contributed by atoms with Crippen LogP contribution in [0.15, 0.2) is 23.7 Å². The highest BCUT2D eigenvalue weighted by molar-refractivity contribution is 7.17. The highest BCUT2D eigenvalue weighted by Gasteiger charge is 2.00. The predicted molar refractivity (Wildman–Crippen MR) is 45.5 cm³/mol. The molecule has 2 heterocycles. The molecule has 0 unspecified atom stereocenters. The van der Waals surface area contributed by atoms with Gasteiger partial charge in [-0.25, -0.2) is 0 Å². The average molecular weight is 165 g/mol. The van der Waals surface area contributed by atoms with Crippen LogP contribution in [0.3, 0.4) is 0 Å². The zero-order valence-corrected chi connectivity index (χ0v) is 6.64. The molecule has 0 aliphatic heterocycles. The van der Waals surface area contributed by atoms with Crippen LogP contribution in [0.25, 0.3) is 10.1 Å². The van der Waals surface area contributed by atoms with Crippen LogP contribution in [0.2, 0.25) is 0 Å². The van der Waals surface area contributed by atoms with Gasteiger partial charge in [-0.2, -0.15) is 0 Å². The molecule has 2 rings (SSSR count). The molecule has 0 saturated carbocycles. The predicted octanol–water partition coefficient (Wildman–Crippen LogP) is 1.79. The maximum atomic E-state index is 8.90. The number of hydrogen-bond acceptors (Lipinski definition) is 3. The van der Waals surface area contributed by atoms with Crippen LogP contribution in [-0.2, 0) is 6.61 Å². The summed E-state index contributed by atoms with van der Waals surface area (Å²) < 4.78 is 1.18. The lowest BCUT2D eigenvalue weighted by atomic mass is 10.2. The van der Waals surface area contributed by atoms with Crippen molar-refractivity contribution in [2.45, 2.75) is 6.61 Å². The molecule has 3 heteroatoms. The van der Waals surface area contributed by atoms with Crippen molar-refractivity contribution in [3.05, 3.63) is 29.4 Å². The van der Waals surface area contributed by atoms with Gasteiger partial charge in [-0.15, -0.1) is 11.3 Å². The third-order valence-corrected chi connectivity index (χ3v) is 2.49. The lowest BCUT2D eigenvalue weighted by Crippen LogP contribution is -1.86. The van der Waals surface area contributed by atoms with E-state index in [0.29, 0.717) is 0 Å². The van der Waals surface area contributed by atoms with Gasteiger partial charge in [0.05, 0.1) is 12.3 Å². The minimum absolute atomic E-state index is 0.0219. The first kappa shape index (κ1) is 6.76. The summed E-state index contributed by atoms with van der Waals surface area (Å²) in [5.74, 6) is 0.